The molecular weight excluding hydrogens is 450 g/mol. The molecule has 0 saturated heterocycles. The van der Waals surface area contributed by atoms with Crippen LogP contribution in [-0.4, -0.2) is 23.2 Å². The van der Waals surface area contributed by atoms with Crippen LogP contribution in [0.2, 0.25) is 5.02 Å². The van der Waals surface area contributed by atoms with E-state index in [1.807, 2.05) is 0 Å². The molecular formula is C23H22ClF4NO3. The molecule has 4 nitrogen and oxygen atoms in total. The molecule has 2 aromatic carbocycles. The van der Waals surface area contributed by atoms with Crippen molar-refractivity contribution >= 4 is 29.2 Å². The third-order valence-electron chi connectivity index (χ3n) is 6.12. The van der Waals surface area contributed by atoms with Gasteiger partial charge in [0.05, 0.1) is 22.9 Å². The number of carbonyl (C=O) groups excluding carboxylic acids is 1. The van der Waals surface area contributed by atoms with Crippen LogP contribution in [0.15, 0.2) is 42.5 Å². The molecule has 2 N–H and O–H groups in total. The van der Waals surface area contributed by atoms with Gasteiger partial charge in [0.25, 0.3) is 0 Å². The molecule has 1 aliphatic rings. The number of carboxylic acid groups (broad SMARTS) is 1. The minimum Gasteiger partial charge on any atom is -0.481 e. The van der Waals surface area contributed by atoms with E-state index in [4.69, 9.17) is 11.6 Å². The van der Waals surface area contributed by atoms with Gasteiger partial charge < -0.3 is 10.4 Å². The van der Waals surface area contributed by atoms with Gasteiger partial charge in [-0.25, -0.2) is 4.39 Å². The van der Waals surface area contributed by atoms with Gasteiger partial charge in [0.2, 0.25) is 5.91 Å². The summed E-state index contributed by atoms with van der Waals surface area (Å²) in [4.78, 5) is 24.5. The van der Waals surface area contributed by atoms with Crippen LogP contribution in [-0.2, 0) is 16.0 Å². The predicted octanol–water partition coefficient (Wildman–Crippen LogP) is 6.20. The predicted molar refractivity (Wildman–Crippen MR) is 112 cm³/mol. The molecule has 1 aliphatic carbocycles. The number of anilines is 1. The maximum absolute atomic E-state index is 14.4. The molecule has 9 heteroatoms. The van der Waals surface area contributed by atoms with Crippen molar-refractivity contribution in [2.24, 2.45) is 11.3 Å². The monoisotopic (exact) mass is 471 g/mol. The molecule has 0 radical (unpaired) electrons. The summed E-state index contributed by atoms with van der Waals surface area (Å²) >= 11 is 5.81. The van der Waals surface area contributed by atoms with Gasteiger partial charge in [-0.15, -0.1) is 0 Å². The van der Waals surface area contributed by atoms with Crippen molar-refractivity contribution in [3.63, 3.8) is 0 Å². The van der Waals surface area contributed by atoms with Crippen LogP contribution in [0.5, 0.6) is 0 Å². The number of rotatable bonds is 7. The lowest BCUT2D eigenvalue weighted by molar-refractivity contribution is -0.178. The third-order valence-corrected chi connectivity index (χ3v) is 6.38. The number of hydrogen-bond donors (Lipinski definition) is 2. The first kappa shape index (κ1) is 24.0. The number of carbonyl (C=O) groups is 2. The van der Waals surface area contributed by atoms with Gasteiger partial charge in [-0.1, -0.05) is 43.1 Å². The molecule has 1 fully saturated rings. The lowest BCUT2D eigenvalue weighted by atomic mass is 9.65. The first-order chi connectivity index (χ1) is 14.9. The van der Waals surface area contributed by atoms with Gasteiger partial charge in [0.1, 0.15) is 5.82 Å². The highest BCUT2D eigenvalue weighted by atomic mass is 35.5. The fraction of sp³-hybridized carbons (Fsp3) is 0.391. The van der Waals surface area contributed by atoms with Gasteiger partial charge in [0.15, 0.2) is 0 Å². The van der Waals surface area contributed by atoms with Crippen LogP contribution in [0.25, 0.3) is 0 Å². The number of amides is 1. The van der Waals surface area contributed by atoms with Crippen LogP contribution in [0, 0.1) is 17.2 Å². The van der Waals surface area contributed by atoms with E-state index in [1.165, 1.54) is 36.4 Å². The van der Waals surface area contributed by atoms with Crippen molar-refractivity contribution in [3.05, 3.63) is 64.4 Å². The van der Waals surface area contributed by atoms with E-state index in [-0.39, 0.29) is 17.7 Å². The van der Waals surface area contributed by atoms with Crippen LogP contribution in [0.4, 0.5) is 23.2 Å². The van der Waals surface area contributed by atoms with E-state index < -0.39 is 41.1 Å². The quantitative estimate of drug-likeness (QED) is 0.473. The zero-order valence-electron chi connectivity index (χ0n) is 17.2. The highest BCUT2D eigenvalue weighted by molar-refractivity contribution is 6.30. The molecule has 32 heavy (non-hydrogen) atoms. The van der Waals surface area contributed by atoms with Crippen molar-refractivity contribution < 1.29 is 32.3 Å². The summed E-state index contributed by atoms with van der Waals surface area (Å²) in [6.45, 7) is 0.888. The molecule has 1 saturated carbocycles. The SMILES string of the molecule is C[C@H]([C@H](C(=O)Nc1cc(CC2(C(=O)O)CCC2)ccc1F)c1ccc(Cl)cc1)C(F)(F)F. The van der Waals surface area contributed by atoms with Crippen molar-refractivity contribution in [2.45, 2.75) is 44.7 Å². The van der Waals surface area contributed by atoms with E-state index >= 15 is 0 Å². The van der Waals surface area contributed by atoms with E-state index in [9.17, 15) is 32.3 Å². The number of nitrogens with one attached hydrogen (secondary N) is 1. The Labute approximate surface area is 187 Å². The number of halogens is 5. The fourth-order valence-corrected chi connectivity index (χ4v) is 4.10. The normalized spacial score (nSPS) is 17.2. The largest absolute Gasteiger partial charge is 0.481 e. The fourth-order valence-electron chi connectivity index (χ4n) is 3.98. The summed E-state index contributed by atoms with van der Waals surface area (Å²) < 4.78 is 54.8. The lowest BCUT2D eigenvalue weighted by Crippen LogP contribution is -2.39. The maximum atomic E-state index is 14.4. The molecule has 3 rings (SSSR count). The van der Waals surface area contributed by atoms with Crippen LogP contribution in [0.1, 0.15) is 43.2 Å². The number of carboxylic acids is 1. The third kappa shape index (κ3) is 5.06. The summed E-state index contributed by atoms with van der Waals surface area (Å²) in [5.74, 6) is -6.47. The van der Waals surface area contributed by atoms with Crippen LogP contribution >= 0.6 is 11.6 Å². The van der Waals surface area contributed by atoms with Crippen molar-refractivity contribution in [3.8, 4) is 0 Å². The second-order valence-corrected chi connectivity index (χ2v) is 8.72. The zero-order valence-corrected chi connectivity index (χ0v) is 17.9. The molecule has 1 amide bonds. The van der Waals surface area contributed by atoms with E-state index in [2.05, 4.69) is 5.32 Å². The first-order valence-corrected chi connectivity index (χ1v) is 10.5. The average Bonchev–Trinajstić information content (AvgIpc) is 2.67. The molecule has 2 aromatic rings. The Morgan fingerprint density at radius 2 is 1.78 bits per heavy atom. The van der Waals surface area contributed by atoms with Crippen molar-refractivity contribution in [1.29, 1.82) is 0 Å². The first-order valence-electron chi connectivity index (χ1n) is 10.1. The van der Waals surface area contributed by atoms with E-state index in [0.717, 1.165) is 19.4 Å². The Balaban J connectivity index is 1.88. The summed E-state index contributed by atoms with van der Waals surface area (Å²) in [6.07, 6.45) is -2.77. The summed E-state index contributed by atoms with van der Waals surface area (Å²) in [5, 5.41) is 12.1. The molecule has 0 heterocycles. The highest BCUT2D eigenvalue weighted by Crippen LogP contribution is 2.44. The smallest absolute Gasteiger partial charge is 0.392 e. The minimum atomic E-state index is -4.67. The van der Waals surface area contributed by atoms with E-state index in [1.54, 1.807) is 0 Å². The molecule has 2 atom stereocenters. The summed E-state index contributed by atoms with van der Waals surface area (Å²) in [7, 11) is 0. The second-order valence-electron chi connectivity index (χ2n) is 8.28. The average molecular weight is 472 g/mol. The second kappa shape index (κ2) is 9.10. The molecule has 0 unspecified atom stereocenters. The minimum absolute atomic E-state index is 0.0904. The Morgan fingerprint density at radius 3 is 2.28 bits per heavy atom. The number of hydrogen-bond acceptors (Lipinski definition) is 2. The van der Waals surface area contributed by atoms with Gasteiger partial charge in [-0.3, -0.25) is 9.59 Å². The van der Waals surface area contributed by atoms with E-state index in [0.29, 0.717) is 23.4 Å². The Hall–Kier alpha value is -2.61. The van der Waals surface area contributed by atoms with Crippen molar-refractivity contribution in [1.82, 2.24) is 0 Å². The van der Waals surface area contributed by atoms with Gasteiger partial charge in [0, 0.05) is 5.02 Å². The maximum Gasteiger partial charge on any atom is 0.392 e. The molecule has 0 aromatic heterocycles. The lowest BCUT2D eigenvalue weighted by Gasteiger charge is -2.37. The zero-order chi connectivity index (χ0) is 23.7. The Morgan fingerprint density at radius 1 is 1.16 bits per heavy atom. The summed E-state index contributed by atoms with van der Waals surface area (Å²) in [6, 6.07) is 9.20. The van der Waals surface area contributed by atoms with Gasteiger partial charge >= 0.3 is 12.1 Å². The van der Waals surface area contributed by atoms with Crippen LogP contribution < -0.4 is 5.32 Å². The Kier molecular flexibility index (Phi) is 6.83. The van der Waals surface area contributed by atoms with Gasteiger partial charge in [-0.2, -0.15) is 13.2 Å². The van der Waals surface area contributed by atoms with Gasteiger partial charge in [-0.05, 0) is 54.7 Å². The number of benzene rings is 2. The topological polar surface area (TPSA) is 66.4 Å². The number of aliphatic carboxylic acids is 1. The summed E-state index contributed by atoms with van der Waals surface area (Å²) in [5.41, 5.74) is -0.653. The molecule has 0 bridgehead atoms. The highest BCUT2D eigenvalue weighted by Gasteiger charge is 2.46. The standard InChI is InChI=1S/C23H22ClF4NO3/c1-13(23(26,27)28)19(15-4-6-16(24)7-5-15)20(30)29-18-11-14(3-8-17(18)25)12-22(21(31)32)9-2-10-22/h3-8,11,13,19H,2,9-10,12H2,1H3,(H,29,30)(H,31,32)/t13-,19+/m1/s1. The molecule has 172 valence electrons. The van der Waals surface area contributed by atoms with Crippen LogP contribution in [0.3, 0.4) is 0 Å². The van der Waals surface area contributed by atoms with Crippen molar-refractivity contribution in [2.75, 3.05) is 5.32 Å². The number of alkyl halides is 3. The Bertz CT molecular complexity index is 1000. The molecule has 0 spiro atoms. The molecule has 0 aliphatic heterocycles.